The molecule has 0 radical (unpaired) electrons. The number of hydrogen-bond donors (Lipinski definition) is 1. The summed E-state index contributed by atoms with van der Waals surface area (Å²) in [6.07, 6.45) is 5.25. The molecule has 3 aromatic rings. The predicted molar refractivity (Wildman–Crippen MR) is 201 cm³/mol. The monoisotopic (exact) mass is 706 g/mol. The number of ether oxygens (including phenoxy) is 3. The number of nitrogens with zero attached hydrogens (tertiary/aromatic N) is 4. The van der Waals surface area contributed by atoms with Crippen LogP contribution in [0.3, 0.4) is 0 Å². The first kappa shape index (κ1) is 33.2. The highest BCUT2D eigenvalue weighted by Crippen LogP contribution is 2.65. The molecule has 1 N–H and O–H groups in total. The summed E-state index contributed by atoms with van der Waals surface area (Å²) in [5.74, 6) is 1.14. The molecule has 5 bridgehead atoms. The summed E-state index contributed by atoms with van der Waals surface area (Å²) in [6.45, 7) is 6.88. The van der Waals surface area contributed by atoms with Gasteiger partial charge < -0.3 is 28.8 Å². The van der Waals surface area contributed by atoms with Crippen LogP contribution in [0, 0.1) is 29.6 Å². The van der Waals surface area contributed by atoms with E-state index in [1.54, 1.807) is 14.2 Å². The van der Waals surface area contributed by atoms with Crippen molar-refractivity contribution in [2.75, 3.05) is 52.9 Å². The first-order chi connectivity index (χ1) is 25.1. The van der Waals surface area contributed by atoms with E-state index in [4.69, 9.17) is 14.2 Å². The number of methoxy groups -OCH3 is 2. The van der Waals surface area contributed by atoms with Crippen LogP contribution in [0.15, 0.2) is 48.0 Å². The van der Waals surface area contributed by atoms with Crippen LogP contribution in [0.25, 0.3) is 10.9 Å². The minimum atomic E-state index is -0.865. The third-order valence-electron chi connectivity index (χ3n) is 15.9. The fourth-order valence-corrected chi connectivity index (χ4v) is 13.7. The Labute approximate surface area is 307 Å². The number of hydrogen-bond acceptors (Lipinski definition) is 8. The lowest BCUT2D eigenvalue weighted by Crippen LogP contribution is -2.72. The Morgan fingerprint density at radius 3 is 2.67 bits per heavy atom. The van der Waals surface area contributed by atoms with Crippen LogP contribution in [0.4, 0.5) is 5.69 Å². The number of aliphatic hydroxyl groups excluding tert-OH is 1. The standard InChI is InChI=1S/C43H54N4O5/c1-8-23-20-47-14-13-43-30-15-25(36(50-6)19-33(30)46(5)40(43)35(47)16-26(23)38(43)42(49)51-7)22(2)37-27-17-34-39-28(24-11-9-10-12-31(24)45(39)4)18-32(44(34)3)29(27)21-52-41(37)48/h8-12,15,19,22,26-27,29,32,34-35,37-38,40-41,48H,13-14,16-18,20-21H2,1-7H3/b23-8-/t22-,26-,27-,29-,32+,34+,35+,37+,38?,40+,41+,43+/m1/s1. The lowest BCUT2D eigenvalue weighted by molar-refractivity contribution is -0.226. The molecule has 276 valence electrons. The molecular formula is C43H54N4O5. The van der Waals surface area contributed by atoms with E-state index < -0.39 is 6.29 Å². The number of aromatic nitrogens is 1. The number of para-hydroxylation sites is 1. The highest BCUT2D eigenvalue weighted by atomic mass is 16.6. The summed E-state index contributed by atoms with van der Waals surface area (Å²) in [7, 11) is 10.1. The molecule has 0 amide bonds. The third-order valence-corrected chi connectivity index (χ3v) is 15.9. The maximum absolute atomic E-state index is 14.1. The summed E-state index contributed by atoms with van der Waals surface area (Å²) in [5, 5.41) is 13.2. The largest absolute Gasteiger partial charge is 0.496 e. The second-order valence-electron chi connectivity index (χ2n) is 17.2. The minimum absolute atomic E-state index is 0.0363. The van der Waals surface area contributed by atoms with Gasteiger partial charge in [0, 0.05) is 78.3 Å². The molecule has 7 heterocycles. The number of carbonyl (C=O) groups excluding carboxylic acids is 1. The van der Waals surface area contributed by atoms with Gasteiger partial charge in [-0.25, -0.2) is 0 Å². The summed E-state index contributed by atoms with van der Waals surface area (Å²) >= 11 is 0. The van der Waals surface area contributed by atoms with Gasteiger partial charge in [0.15, 0.2) is 6.29 Å². The number of likely N-dealkylation sites (N-methyl/N-ethyl adjacent to an activating group) is 2. The van der Waals surface area contributed by atoms with E-state index in [-0.39, 0.29) is 53.1 Å². The molecule has 6 aliphatic heterocycles. The van der Waals surface area contributed by atoms with Gasteiger partial charge in [-0.1, -0.05) is 36.8 Å². The number of allylic oxidation sites excluding steroid dienone is 1. The van der Waals surface area contributed by atoms with Crippen LogP contribution >= 0.6 is 0 Å². The SMILES string of the molecule is C/C=C1/CN2CC[C@@]34c5cc([C@@H](C)[C@H]6[C@@H]7C[C@H]8c9c(c%10ccccc%10n9C)C[C@@H]([C@@H]7CO[C@@H]6O)N8C)c(OC)cc5N(C)[C@H]3[C@@H]2C[C@H]1C4C(=O)OC. The van der Waals surface area contributed by atoms with Crippen molar-refractivity contribution in [3.8, 4) is 5.75 Å². The van der Waals surface area contributed by atoms with Gasteiger partial charge in [-0.3, -0.25) is 14.6 Å². The molecule has 10 rings (SSSR count). The van der Waals surface area contributed by atoms with E-state index in [1.165, 1.54) is 39.0 Å². The topological polar surface area (TPSA) is 79.6 Å². The average molecular weight is 707 g/mol. The Balaban J connectivity index is 1.08. The number of piperidine rings is 3. The molecule has 4 saturated heterocycles. The number of carbonyl (C=O) groups is 1. The Kier molecular flexibility index (Phi) is 7.39. The lowest BCUT2D eigenvalue weighted by atomic mass is 9.50. The van der Waals surface area contributed by atoms with Gasteiger partial charge in [0.2, 0.25) is 0 Å². The van der Waals surface area contributed by atoms with Crippen LogP contribution < -0.4 is 9.64 Å². The van der Waals surface area contributed by atoms with E-state index in [1.807, 2.05) is 0 Å². The van der Waals surface area contributed by atoms with E-state index in [0.717, 1.165) is 50.1 Å². The maximum Gasteiger partial charge on any atom is 0.310 e. The van der Waals surface area contributed by atoms with Crippen molar-refractivity contribution in [3.63, 3.8) is 0 Å². The van der Waals surface area contributed by atoms with Gasteiger partial charge in [0.25, 0.3) is 0 Å². The van der Waals surface area contributed by atoms with Crippen LogP contribution in [-0.4, -0.2) is 97.9 Å². The third kappa shape index (κ3) is 4.06. The second kappa shape index (κ2) is 11.6. The van der Waals surface area contributed by atoms with Crippen molar-refractivity contribution in [3.05, 3.63) is 70.4 Å². The van der Waals surface area contributed by atoms with Gasteiger partial charge in [-0.05, 0) is 92.8 Å². The summed E-state index contributed by atoms with van der Waals surface area (Å²) in [4.78, 5) is 21.8. The van der Waals surface area contributed by atoms with Gasteiger partial charge in [0.05, 0.1) is 38.8 Å². The Morgan fingerprint density at radius 2 is 1.90 bits per heavy atom. The van der Waals surface area contributed by atoms with E-state index in [9.17, 15) is 9.90 Å². The zero-order valence-corrected chi connectivity index (χ0v) is 31.7. The molecule has 9 heteroatoms. The van der Waals surface area contributed by atoms with Gasteiger partial charge >= 0.3 is 5.97 Å². The highest BCUT2D eigenvalue weighted by Gasteiger charge is 2.69. The molecule has 0 spiro atoms. The number of aryl methyl sites for hydroxylation is 1. The molecule has 1 aliphatic carbocycles. The van der Waals surface area contributed by atoms with Crippen molar-refractivity contribution in [2.45, 2.75) is 81.3 Å². The first-order valence-electron chi connectivity index (χ1n) is 19.6. The van der Waals surface area contributed by atoms with Crippen LogP contribution in [0.2, 0.25) is 0 Å². The summed E-state index contributed by atoms with van der Waals surface area (Å²) in [5.41, 5.74) is 8.76. The lowest BCUT2D eigenvalue weighted by Gasteiger charge is -2.63. The number of rotatable bonds is 4. The first-order valence-corrected chi connectivity index (χ1v) is 19.6. The minimum Gasteiger partial charge on any atom is -0.496 e. The quantitative estimate of drug-likeness (QED) is 0.286. The normalized spacial score (nSPS) is 38.8. The molecule has 12 atom stereocenters. The number of benzene rings is 2. The van der Waals surface area contributed by atoms with Crippen LogP contribution in [0.5, 0.6) is 5.75 Å². The average Bonchev–Trinajstić information content (AvgIpc) is 3.58. The van der Waals surface area contributed by atoms with Crippen molar-refractivity contribution >= 4 is 22.6 Å². The molecule has 1 saturated carbocycles. The second-order valence-corrected chi connectivity index (χ2v) is 17.2. The van der Waals surface area contributed by atoms with E-state index >= 15 is 0 Å². The Hall–Kier alpha value is -3.37. The molecule has 9 nitrogen and oxygen atoms in total. The molecular weight excluding hydrogens is 652 g/mol. The zero-order valence-electron chi connectivity index (χ0n) is 31.7. The maximum atomic E-state index is 14.1. The van der Waals surface area contributed by atoms with E-state index in [0.29, 0.717) is 24.6 Å². The zero-order chi connectivity index (χ0) is 36.0. The van der Waals surface area contributed by atoms with E-state index in [2.05, 4.69) is 96.7 Å². The fraction of sp³-hybridized carbons (Fsp3) is 0.605. The number of aliphatic hydroxyl groups is 1. The highest BCUT2D eigenvalue weighted by molar-refractivity contribution is 5.86. The predicted octanol–water partition coefficient (Wildman–Crippen LogP) is 5.39. The van der Waals surface area contributed by atoms with Gasteiger partial charge in [-0.2, -0.15) is 0 Å². The number of fused-ring (bicyclic) bond motifs is 10. The summed E-state index contributed by atoms with van der Waals surface area (Å²) in [6, 6.07) is 14.6. The summed E-state index contributed by atoms with van der Waals surface area (Å²) < 4.78 is 20.8. The number of esters is 1. The van der Waals surface area contributed by atoms with Crippen molar-refractivity contribution in [2.24, 2.45) is 36.6 Å². The Bertz CT molecular complexity index is 2010. The van der Waals surface area contributed by atoms with Gasteiger partial charge in [0.1, 0.15) is 5.75 Å². The fourth-order valence-electron chi connectivity index (χ4n) is 13.7. The van der Waals surface area contributed by atoms with Gasteiger partial charge in [-0.15, -0.1) is 0 Å². The van der Waals surface area contributed by atoms with Crippen LogP contribution in [0.1, 0.15) is 67.5 Å². The number of anilines is 1. The molecule has 2 aromatic carbocycles. The van der Waals surface area contributed by atoms with Crippen molar-refractivity contribution in [1.82, 2.24) is 14.4 Å². The molecule has 7 aliphatic rings. The van der Waals surface area contributed by atoms with Crippen molar-refractivity contribution in [1.29, 1.82) is 0 Å². The Morgan fingerprint density at radius 1 is 1.10 bits per heavy atom. The molecule has 5 fully saturated rings. The molecule has 1 unspecified atom stereocenters. The molecule has 1 aromatic heterocycles. The smallest absolute Gasteiger partial charge is 0.310 e. The molecule has 52 heavy (non-hydrogen) atoms. The van der Waals surface area contributed by atoms with Crippen LogP contribution in [-0.2, 0) is 33.2 Å². The van der Waals surface area contributed by atoms with Crippen molar-refractivity contribution < 1.29 is 24.1 Å².